The molecule has 2 bridgehead atoms. The third-order valence-electron chi connectivity index (χ3n) is 4.97. The van der Waals surface area contributed by atoms with Gasteiger partial charge in [-0.3, -0.25) is 0 Å². The molecule has 4 nitrogen and oxygen atoms in total. The van der Waals surface area contributed by atoms with Gasteiger partial charge in [0.1, 0.15) is 17.3 Å². The van der Waals surface area contributed by atoms with Gasteiger partial charge in [-0.2, -0.15) is 5.26 Å². The van der Waals surface area contributed by atoms with E-state index in [0.29, 0.717) is 13.0 Å². The molecule has 2 fully saturated rings. The number of rotatable bonds is 2. The number of aliphatic hydroxyl groups excluding tert-OH is 1. The lowest BCUT2D eigenvalue weighted by atomic mass is 9.69. The molecular weight excluding hydrogens is 254 g/mol. The highest BCUT2D eigenvalue weighted by molar-refractivity contribution is 5.41. The quantitative estimate of drug-likeness (QED) is 0.895. The van der Waals surface area contributed by atoms with Crippen LogP contribution in [0.1, 0.15) is 36.5 Å². The number of fused-ring (bicyclic) bond motifs is 3. The molecule has 0 radical (unpaired) electrons. The minimum atomic E-state index is -0.784. The predicted molar refractivity (Wildman–Crippen MR) is 71.2 cm³/mol. The van der Waals surface area contributed by atoms with Gasteiger partial charge in [0.05, 0.1) is 24.9 Å². The van der Waals surface area contributed by atoms with E-state index in [9.17, 15) is 10.4 Å². The summed E-state index contributed by atoms with van der Waals surface area (Å²) in [5.74, 6) is 0.899. The third kappa shape index (κ3) is 1.54. The van der Waals surface area contributed by atoms with E-state index in [1.807, 2.05) is 18.2 Å². The first-order valence-corrected chi connectivity index (χ1v) is 7.23. The molecule has 1 aromatic rings. The van der Waals surface area contributed by atoms with Gasteiger partial charge < -0.3 is 14.6 Å². The topological polar surface area (TPSA) is 62.5 Å². The lowest BCUT2D eigenvalue weighted by Gasteiger charge is -2.33. The molecule has 0 saturated carbocycles. The number of aliphatic hydroxyl groups is 1. The van der Waals surface area contributed by atoms with Crippen molar-refractivity contribution in [2.24, 2.45) is 5.41 Å². The maximum Gasteiger partial charge on any atom is 0.122 e. The Kier molecular flexibility index (Phi) is 2.57. The van der Waals surface area contributed by atoms with Crippen LogP contribution < -0.4 is 4.74 Å². The smallest absolute Gasteiger partial charge is 0.122 e. The number of benzene rings is 1. The second-order valence-corrected chi connectivity index (χ2v) is 6.05. The van der Waals surface area contributed by atoms with Gasteiger partial charge in [-0.25, -0.2) is 0 Å². The van der Waals surface area contributed by atoms with E-state index in [-0.39, 0.29) is 12.2 Å². The molecule has 4 atom stereocenters. The summed E-state index contributed by atoms with van der Waals surface area (Å²) in [4.78, 5) is 0. The second kappa shape index (κ2) is 4.21. The van der Waals surface area contributed by atoms with Crippen molar-refractivity contribution in [1.82, 2.24) is 0 Å². The van der Waals surface area contributed by atoms with Crippen LogP contribution in [0.2, 0.25) is 0 Å². The highest BCUT2D eigenvalue weighted by Gasteiger charge is 2.57. The lowest BCUT2D eigenvalue weighted by molar-refractivity contribution is 0.00339. The first-order valence-electron chi connectivity index (χ1n) is 7.23. The molecule has 4 heteroatoms. The van der Waals surface area contributed by atoms with E-state index in [1.54, 1.807) is 0 Å². The van der Waals surface area contributed by atoms with Crippen LogP contribution in [0.25, 0.3) is 0 Å². The zero-order chi connectivity index (χ0) is 13.7. The number of hydrogen-bond acceptors (Lipinski definition) is 4. The fourth-order valence-corrected chi connectivity index (χ4v) is 3.88. The van der Waals surface area contributed by atoms with E-state index >= 15 is 0 Å². The summed E-state index contributed by atoms with van der Waals surface area (Å²) in [5, 5.41) is 20.4. The van der Waals surface area contributed by atoms with Crippen LogP contribution in [0.3, 0.4) is 0 Å². The van der Waals surface area contributed by atoms with E-state index in [1.165, 1.54) is 0 Å². The molecule has 1 N–H and O–H groups in total. The van der Waals surface area contributed by atoms with E-state index in [0.717, 1.165) is 36.1 Å². The van der Waals surface area contributed by atoms with Crippen molar-refractivity contribution in [2.45, 2.75) is 44.0 Å². The Morgan fingerprint density at radius 2 is 2.30 bits per heavy atom. The molecule has 2 saturated heterocycles. The summed E-state index contributed by atoms with van der Waals surface area (Å²) in [5.41, 5.74) is 1.15. The Morgan fingerprint density at radius 1 is 1.40 bits per heavy atom. The van der Waals surface area contributed by atoms with Crippen LogP contribution in [0, 0.1) is 16.7 Å². The Balaban J connectivity index is 1.70. The normalized spacial score (nSPS) is 35.4. The van der Waals surface area contributed by atoms with Crippen molar-refractivity contribution < 1.29 is 14.6 Å². The van der Waals surface area contributed by atoms with E-state index in [4.69, 9.17) is 9.47 Å². The average Bonchev–Trinajstić information content (AvgIpc) is 3.20. The van der Waals surface area contributed by atoms with E-state index < -0.39 is 11.5 Å². The largest absolute Gasteiger partial charge is 0.493 e. The van der Waals surface area contributed by atoms with Gasteiger partial charge in [0.15, 0.2) is 0 Å². The van der Waals surface area contributed by atoms with Crippen LogP contribution in [-0.2, 0) is 11.2 Å². The lowest BCUT2D eigenvalue weighted by Crippen LogP contribution is -2.37. The van der Waals surface area contributed by atoms with Gasteiger partial charge >= 0.3 is 0 Å². The summed E-state index contributed by atoms with van der Waals surface area (Å²) >= 11 is 0. The van der Waals surface area contributed by atoms with Crippen molar-refractivity contribution in [3.8, 4) is 11.8 Å². The Bertz CT molecular complexity index is 594. The average molecular weight is 271 g/mol. The molecule has 20 heavy (non-hydrogen) atoms. The van der Waals surface area contributed by atoms with Gasteiger partial charge in [0, 0.05) is 6.42 Å². The van der Waals surface area contributed by atoms with Crippen molar-refractivity contribution in [3.05, 3.63) is 29.3 Å². The zero-order valence-electron chi connectivity index (χ0n) is 11.2. The molecule has 0 aromatic heterocycles. The minimum absolute atomic E-state index is 0.128. The highest BCUT2D eigenvalue weighted by Crippen LogP contribution is 2.54. The fraction of sp³-hybridized carbons (Fsp3) is 0.562. The third-order valence-corrected chi connectivity index (χ3v) is 4.97. The Labute approximate surface area is 117 Å². The van der Waals surface area contributed by atoms with Crippen LogP contribution in [-0.4, -0.2) is 23.9 Å². The molecule has 104 valence electrons. The molecular formula is C16H17NO3. The number of nitriles is 1. The van der Waals surface area contributed by atoms with Crippen LogP contribution in [0.4, 0.5) is 0 Å². The summed E-state index contributed by atoms with van der Waals surface area (Å²) in [7, 11) is 0. The summed E-state index contributed by atoms with van der Waals surface area (Å²) in [6, 6.07) is 8.13. The first-order chi connectivity index (χ1) is 9.73. The molecule has 4 unspecified atom stereocenters. The maximum absolute atomic E-state index is 10.8. The number of hydrogen-bond donors (Lipinski definition) is 1. The molecule has 0 amide bonds. The summed E-state index contributed by atoms with van der Waals surface area (Å²) in [6.45, 7) is 0.700. The van der Waals surface area contributed by atoms with Crippen LogP contribution >= 0.6 is 0 Å². The Morgan fingerprint density at radius 3 is 3.00 bits per heavy atom. The standard InChI is InChI=1S/C16H17NO3/c17-9-16(8-12-2-4-14(16)20-12)15(18)11-1-3-13-10(7-11)5-6-19-13/h1,3,7,12,14-15,18H,2,4-6,8H2. The van der Waals surface area contributed by atoms with E-state index in [2.05, 4.69) is 6.07 Å². The monoisotopic (exact) mass is 271 g/mol. The first kappa shape index (κ1) is 12.2. The zero-order valence-corrected chi connectivity index (χ0v) is 11.2. The van der Waals surface area contributed by atoms with Crippen LogP contribution in [0.5, 0.6) is 5.75 Å². The molecule has 0 spiro atoms. The SMILES string of the molecule is N#CC1(C(O)c2ccc3c(c2)CCO3)CC2CCC1O2. The molecule has 3 heterocycles. The molecule has 4 rings (SSSR count). The molecule has 0 aliphatic carbocycles. The number of ether oxygens (including phenoxy) is 2. The fourth-order valence-electron chi connectivity index (χ4n) is 3.88. The van der Waals surface area contributed by atoms with Gasteiger partial charge in [0.25, 0.3) is 0 Å². The highest BCUT2D eigenvalue weighted by atomic mass is 16.5. The summed E-state index contributed by atoms with van der Waals surface area (Å²) < 4.78 is 11.3. The van der Waals surface area contributed by atoms with Crippen molar-refractivity contribution >= 4 is 0 Å². The minimum Gasteiger partial charge on any atom is -0.493 e. The van der Waals surface area contributed by atoms with Gasteiger partial charge in [-0.1, -0.05) is 6.07 Å². The predicted octanol–water partition coefficient (Wildman–Crippen LogP) is 2.12. The van der Waals surface area contributed by atoms with Gasteiger partial charge in [0.2, 0.25) is 0 Å². The molecule has 3 aliphatic rings. The van der Waals surface area contributed by atoms with Gasteiger partial charge in [-0.05, 0) is 42.5 Å². The van der Waals surface area contributed by atoms with Gasteiger partial charge in [-0.15, -0.1) is 0 Å². The van der Waals surface area contributed by atoms with Crippen molar-refractivity contribution in [3.63, 3.8) is 0 Å². The molecule has 3 aliphatic heterocycles. The Hall–Kier alpha value is -1.57. The summed E-state index contributed by atoms with van der Waals surface area (Å²) in [6.07, 6.45) is 2.64. The van der Waals surface area contributed by atoms with Crippen LogP contribution in [0.15, 0.2) is 18.2 Å². The molecule has 1 aromatic carbocycles. The second-order valence-electron chi connectivity index (χ2n) is 6.05. The maximum atomic E-state index is 10.8. The van der Waals surface area contributed by atoms with Crippen molar-refractivity contribution in [1.29, 1.82) is 5.26 Å². The van der Waals surface area contributed by atoms with Crippen molar-refractivity contribution in [2.75, 3.05) is 6.61 Å². The number of nitrogens with zero attached hydrogens (tertiary/aromatic N) is 1.